The molecule has 0 aromatic carbocycles. The second kappa shape index (κ2) is 5.19. The van der Waals surface area contributed by atoms with Crippen LogP contribution in [-0.2, 0) is 9.84 Å². The van der Waals surface area contributed by atoms with Crippen molar-refractivity contribution in [3.8, 4) is 0 Å². The van der Waals surface area contributed by atoms with E-state index in [1.165, 1.54) is 5.41 Å². The number of hydrogen-bond acceptors (Lipinski definition) is 4. The molecule has 2 heterocycles. The van der Waals surface area contributed by atoms with E-state index in [9.17, 15) is 8.42 Å². The van der Waals surface area contributed by atoms with E-state index in [2.05, 4.69) is 37.9 Å². The molecule has 4 nitrogen and oxygen atoms in total. The maximum Gasteiger partial charge on any atom is 0.173 e. The third-order valence-electron chi connectivity index (χ3n) is 4.58. The van der Waals surface area contributed by atoms with Crippen LogP contribution in [0.1, 0.15) is 34.1 Å². The van der Waals surface area contributed by atoms with Crippen molar-refractivity contribution in [1.29, 1.82) is 0 Å². The maximum absolute atomic E-state index is 11.7. The van der Waals surface area contributed by atoms with Gasteiger partial charge in [0.2, 0.25) is 0 Å². The zero-order valence-corrected chi connectivity index (χ0v) is 13.2. The number of sulfone groups is 1. The highest BCUT2D eigenvalue weighted by Crippen LogP contribution is 2.27. The van der Waals surface area contributed by atoms with Crippen molar-refractivity contribution in [3.05, 3.63) is 11.5 Å². The Morgan fingerprint density at radius 1 is 1.47 bits per heavy atom. The topological polar surface area (TPSA) is 49.4 Å². The quantitative estimate of drug-likeness (QED) is 0.852. The Hall–Kier alpha value is -0.390. The molecule has 3 unspecified atom stereocenters. The molecule has 19 heavy (non-hydrogen) atoms. The fourth-order valence-corrected chi connectivity index (χ4v) is 4.34. The van der Waals surface area contributed by atoms with Crippen molar-refractivity contribution in [3.63, 3.8) is 0 Å². The summed E-state index contributed by atoms with van der Waals surface area (Å²) in [6.07, 6.45) is 2.92. The molecule has 2 rings (SSSR count). The van der Waals surface area contributed by atoms with Crippen molar-refractivity contribution >= 4 is 9.84 Å². The first-order valence-electron chi connectivity index (χ1n) is 7.18. The normalized spacial score (nSPS) is 39.0. The van der Waals surface area contributed by atoms with E-state index in [0.717, 1.165) is 19.5 Å². The lowest BCUT2D eigenvalue weighted by Crippen LogP contribution is -2.66. The van der Waals surface area contributed by atoms with Gasteiger partial charge in [0.15, 0.2) is 9.84 Å². The molecule has 1 N–H and O–H groups in total. The van der Waals surface area contributed by atoms with Crippen molar-refractivity contribution in [2.24, 2.45) is 5.92 Å². The lowest BCUT2D eigenvalue weighted by Gasteiger charge is -2.49. The molecule has 5 heteroatoms. The van der Waals surface area contributed by atoms with E-state index in [4.69, 9.17) is 0 Å². The smallest absolute Gasteiger partial charge is 0.173 e. The Morgan fingerprint density at radius 3 is 2.63 bits per heavy atom. The van der Waals surface area contributed by atoms with E-state index in [1.807, 2.05) is 6.08 Å². The Morgan fingerprint density at radius 2 is 2.16 bits per heavy atom. The van der Waals surface area contributed by atoms with E-state index in [-0.39, 0.29) is 17.3 Å². The molecule has 2 aliphatic rings. The van der Waals surface area contributed by atoms with Gasteiger partial charge in [0.1, 0.15) is 0 Å². The van der Waals surface area contributed by atoms with E-state index in [0.29, 0.717) is 12.0 Å². The Bertz CT molecular complexity index is 458. The fourth-order valence-electron chi connectivity index (χ4n) is 3.03. The van der Waals surface area contributed by atoms with Crippen LogP contribution in [0.5, 0.6) is 0 Å². The zero-order chi connectivity index (χ0) is 14.3. The summed E-state index contributed by atoms with van der Waals surface area (Å²) in [4.78, 5) is 2.39. The number of piperazine rings is 1. The standard InChI is InChI=1S/C14H26N2O2S/c1-5-14(4)10-16(13(8-15-14)11(2)3)12-6-7-19(17,18)9-12/h6-7,11-13,15H,5,8-10H2,1-4H3. The maximum atomic E-state index is 11.7. The van der Waals surface area contributed by atoms with E-state index in [1.54, 1.807) is 0 Å². The highest BCUT2D eigenvalue weighted by Gasteiger charge is 2.40. The molecule has 0 aliphatic carbocycles. The SMILES string of the molecule is CCC1(C)CN(C2C=CS(=O)(=O)C2)C(C(C)C)CN1. The average Bonchev–Trinajstić information content (AvgIpc) is 2.69. The van der Waals surface area contributed by atoms with Crippen LogP contribution in [0.25, 0.3) is 0 Å². The number of hydrogen-bond donors (Lipinski definition) is 1. The second-order valence-electron chi connectivity index (χ2n) is 6.50. The summed E-state index contributed by atoms with van der Waals surface area (Å²) in [7, 11) is -2.98. The van der Waals surface area contributed by atoms with Gasteiger partial charge in [-0.15, -0.1) is 0 Å². The highest BCUT2D eigenvalue weighted by atomic mass is 32.2. The Kier molecular flexibility index (Phi) is 4.10. The van der Waals surface area contributed by atoms with Gasteiger partial charge in [0, 0.05) is 36.1 Å². The largest absolute Gasteiger partial charge is 0.309 e. The summed E-state index contributed by atoms with van der Waals surface area (Å²) < 4.78 is 23.3. The molecular formula is C14H26N2O2S. The van der Waals surface area contributed by atoms with Crippen molar-refractivity contribution in [2.45, 2.75) is 51.7 Å². The van der Waals surface area contributed by atoms with Gasteiger partial charge in [-0.1, -0.05) is 26.8 Å². The summed E-state index contributed by atoms with van der Waals surface area (Å²) in [5, 5.41) is 5.02. The summed E-state index contributed by atoms with van der Waals surface area (Å²) >= 11 is 0. The van der Waals surface area contributed by atoms with Crippen molar-refractivity contribution < 1.29 is 8.42 Å². The summed E-state index contributed by atoms with van der Waals surface area (Å²) in [5.74, 6) is 0.765. The molecule has 0 bridgehead atoms. The van der Waals surface area contributed by atoms with Gasteiger partial charge < -0.3 is 5.32 Å². The molecule has 0 amide bonds. The average molecular weight is 286 g/mol. The summed E-state index contributed by atoms with van der Waals surface area (Å²) in [6.45, 7) is 10.7. The molecule has 1 saturated heterocycles. The van der Waals surface area contributed by atoms with Crippen LogP contribution in [0.2, 0.25) is 0 Å². The van der Waals surface area contributed by atoms with E-state index >= 15 is 0 Å². The minimum absolute atomic E-state index is 0.0466. The number of rotatable bonds is 3. The highest BCUT2D eigenvalue weighted by molar-refractivity contribution is 7.94. The van der Waals surface area contributed by atoms with Gasteiger partial charge in [0.25, 0.3) is 0 Å². The predicted molar refractivity (Wildman–Crippen MR) is 78.7 cm³/mol. The molecule has 0 spiro atoms. The monoisotopic (exact) mass is 286 g/mol. The van der Waals surface area contributed by atoms with Gasteiger partial charge in [-0.2, -0.15) is 0 Å². The van der Waals surface area contributed by atoms with Crippen LogP contribution >= 0.6 is 0 Å². The van der Waals surface area contributed by atoms with Crippen molar-refractivity contribution in [2.75, 3.05) is 18.8 Å². The van der Waals surface area contributed by atoms with Crippen LogP contribution in [0.15, 0.2) is 11.5 Å². The predicted octanol–water partition coefficient (Wildman–Crippen LogP) is 1.40. The first-order chi connectivity index (χ1) is 8.76. The van der Waals surface area contributed by atoms with Crippen LogP contribution in [0, 0.1) is 5.92 Å². The molecule has 1 fully saturated rings. The first-order valence-corrected chi connectivity index (χ1v) is 8.89. The Balaban J connectivity index is 2.20. The lowest BCUT2D eigenvalue weighted by atomic mass is 9.89. The molecule has 110 valence electrons. The van der Waals surface area contributed by atoms with Crippen LogP contribution in [0.3, 0.4) is 0 Å². The second-order valence-corrected chi connectivity index (χ2v) is 8.44. The fraction of sp³-hybridized carbons (Fsp3) is 0.857. The summed E-state index contributed by atoms with van der Waals surface area (Å²) in [6, 6.07) is 0.452. The molecule has 0 aromatic heterocycles. The molecule has 0 aromatic rings. The summed E-state index contributed by atoms with van der Waals surface area (Å²) in [5.41, 5.74) is 0.0889. The van der Waals surface area contributed by atoms with Gasteiger partial charge in [-0.25, -0.2) is 8.42 Å². The zero-order valence-electron chi connectivity index (χ0n) is 12.4. The third kappa shape index (κ3) is 3.20. The van der Waals surface area contributed by atoms with Gasteiger partial charge in [-0.05, 0) is 19.3 Å². The molecule has 2 aliphatic heterocycles. The van der Waals surface area contributed by atoms with Crippen LogP contribution < -0.4 is 5.32 Å². The minimum Gasteiger partial charge on any atom is -0.309 e. The third-order valence-corrected chi connectivity index (χ3v) is 5.96. The van der Waals surface area contributed by atoms with Gasteiger partial charge >= 0.3 is 0 Å². The lowest BCUT2D eigenvalue weighted by molar-refractivity contribution is 0.0458. The minimum atomic E-state index is -2.98. The Labute approximate surface area is 117 Å². The molecule has 0 radical (unpaired) electrons. The van der Waals surface area contributed by atoms with Crippen LogP contribution in [-0.4, -0.2) is 49.8 Å². The molecular weight excluding hydrogens is 260 g/mol. The van der Waals surface area contributed by atoms with Crippen LogP contribution in [0.4, 0.5) is 0 Å². The molecule has 3 atom stereocenters. The number of nitrogens with zero attached hydrogens (tertiary/aromatic N) is 1. The van der Waals surface area contributed by atoms with Gasteiger partial charge in [0.05, 0.1) is 5.75 Å². The van der Waals surface area contributed by atoms with Gasteiger partial charge in [-0.3, -0.25) is 4.90 Å². The first kappa shape index (κ1) is 15.0. The van der Waals surface area contributed by atoms with Crippen molar-refractivity contribution in [1.82, 2.24) is 10.2 Å². The van der Waals surface area contributed by atoms with E-state index < -0.39 is 9.84 Å². The number of nitrogens with one attached hydrogen (secondary N) is 1. The molecule has 0 saturated carbocycles.